The van der Waals surface area contributed by atoms with E-state index in [1.165, 1.54) is 11.6 Å². The van der Waals surface area contributed by atoms with Gasteiger partial charge in [-0.05, 0) is 50.5 Å². The van der Waals surface area contributed by atoms with Crippen LogP contribution >= 0.6 is 0 Å². The molecule has 1 amide bonds. The predicted octanol–water partition coefficient (Wildman–Crippen LogP) is 3.70. The van der Waals surface area contributed by atoms with Gasteiger partial charge in [0.2, 0.25) is 0 Å². The minimum absolute atomic E-state index is 0.0402. The first-order valence-corrected chi connectivity index (χ1v) is 9.06. The fourth-order valence-corrected chi connectivity index (χ4v) is 2.83. The van der Waals surface area contributed by atoms with Crippen molar-refractivity contribution in [1.29, 1.82) is 0 Å². The third-order valence-electron chi connectivity index (χ3n) is 4.37. The lowest BCUT2D eigenvalue weighted by atomic mass is 10.1. The summed E-state index contributed by atoms with van der Waals surface area (Å²) in [6.45, 7) is 3.68. The van der Waals surface area contributed by atoms with Gasteiger partial charge in [-0.2, -0.15) is 0 Å². The third kappa shape index (κ3) is 5.20. The largest absolute Gasteiger partial charge is 0.481 e. The van der Waals surface area contributed by atoms with Crippen molar-refractivity contribution in [2.24, 2.45) is 0 Å². The van der Waals surface area contributed by atoms with Crippen molar-refractivity contribution in [3.63, 3.8) is 0 Å². The maximum absolute atomic E-state index is 12.4. The highest BCUT2D eigenvalue weighted by Gasteiger charge is 2.17. The van der Waals surface area contributed by atoms with Gasteiger partial charge in [-0.15, -0.1) is 0 Å². The molecule has 0 aliphatic heterocycles. The zero-order valence-electron chi connectivity index (χ0n) is 15.5. The molecule has 0 fully saturated rings. The Bertz CT molecular complexity index is 965. The molecule has 3 rings (SSSR count). The summed E-state index contributed by atoms with van der Waals surface area (Å²) < 4.78 is 10.9. The molecule has 0 bridgehead atoms. The minimum atomic E-state index is -0.656. The SMILES string of the molecule is CC(CCc1ccccc1)NC(=O)C(C)Oc1ccc2ccc(=O)oc2c1. The van der Waals surface area contributed by atoms with E-state index >= 15 is 0 Å². The minimum Gasteiger partial charge on any atom is -0.481 e. The summed E-state index contributed by atoms with van der Waals surface area (Å²) in [4.78, 5) is 23.7. The summed E-state index contributed by atoms with van der Waals surface area (Å²) >= 11 is 0. The highest BCUT2D eigenvalue weighted by molar-refractivity contribution is 5.81. The second-order valence-electron chi connectivity index (χ2n) is 6.65. The van der Waals surface area contributed by atoms with Crippen molar-refractivity contribution in [3.8, 4) is 5.75 Å². The molecule has 1 N–H and O–H groups in total. The number of nitrogens with one attached hydrogen (secondary N) is 1. The third-order valence-corrected chi connectivity index (χ3v) is 4.37. The van der Waals surface area contributed by atoms with Gasteiger partial charge in [0.05, 0.1) is 0 Å². The molecule has 140 valence electrons. The van der Waals surface area contributed by atoms with E-state index in [0.717, 1.165) is 18.2 Å². The number of rotatable bonds is 7. The molecule has 1 aromatic heterocycles. The number of fused-ring (bicyclic) bond motifs is 1. The maximum atomic E-state index is 12.4. The smallest absolute Gasteiger partial charge is 0.336 e. The van der Waals surface area contributed by atoms with Crippen LogP contribution < -0.4 is 15.7 Å². The average molecular weight is 365 g/mol. The summed E-state index contributed by atoms with van der Waals surface area (Å²) in [5.74, 6) is 0.307. The normalized spacial score (nSPS) is 13.1. The monoisotopic (exact) mass is 365 g/mol. The number of hydrogen-bond donors (Lipinski definition) is 1. The summed E-state index contributed by atoms with van der Waals surface area (Å²) in [5, 5.41) is 3.78. The fourth-order valence-electron chi connectivity index (χ4n) is 2.83. The quantitative estimate of drug-likeness (QED) is 0.648. The first-order valence-electron chi connectivity index (χ1n) is 9.06. The molecule has 0 aliphatic carbocycles. The standard InChI is InChI=1S/C22H23NO4/c1-15(8-9-17-6-4-3-5-7-17)23-22(25)16(2)26-19-12-10-18-11-13-21(24)27-20(18)14-19/h3-7,10-16H,8-9H2,1-2H3,(H,23,25). The molecule has 0 spiro atoms. The second kappa shape index (κ2) is 8.54. The van der Waals surface area contributed by atoms with Gasteiger partial charge in [0.25, 0.3) is 5.91 Å². The van der Waals surface area contributed by atoms with Gasteiger partial charge < -0.3 is 14.5 Å². The first-order chi connectivity index (χ1) is 13.0. The Hall–Kier alpha value is -3.08. The van der Waals surface area contributed by atoms with E-state index in [1.807, 2.05) is 25.1 Å². The zero-order chi connectivity index (χ0) is 19.2. The molecule has 5 heteroatoms. The number of carbonyl (C=O) groups excluding carboxylic acids is 1. The Morgan fingerprint density at radius 1 is 1.07 bits per heavy atom. The van der Waals surface area contributed by atoms with Gasteiger partial charge in [-0.25, -0.2) is 4.79 Å². The molecule has 2 unspecified atom stereocenters. The van der Waals surface area contributed by atoms with Crippen LogP contribution in [0.1, 0.15) is 25.8 Å². The van der Waals surface area contributed by atoms with Crippen molar-refractivity contribution in [1.82, 2.24) is 5.32 Å². The lowest BCUT2D eigenvalue weighted by Crippen LogP contribution is -2.41. The molecule has 2 atom stereocenters. The van der Waals surface area contributed by atoms with E-state index in [2.05, 4.69) is 17.4 Å². The number of ether oxygens (including phenoxy) is 1. The van der Waals surface area contributed by atoms with Crippen molar-refractivity contribution in [2.45, 2.75) is 38.8 Å². The molecule has 0 saturated carbocycles. The van der Waals surface area contributed by atoms with Gasteiger partial charge in [0, 0.05) is 23.6 Å². The Morgan fingerprint density at radius 3 is 2.59 bits per heavy atom. The van der Waals surface area contributed by atoms with E-state index < -0.39 is 11.7 Å². The van der Waals surface area contributed by atoms with Gasteiger partial charge in [-0.3, -0.25) is 4.79 Å². The van der Waals surface area contributed by atoms with Gasteiger partial charge in [0.15, 0.2) is 6.10 Å². The average Bonchev–Trinajstić information content (AvgIpc) is 2.66. The maximum Gasteiger partial charge on any atom is 0.336 e. The van der Waals surface area contributed by atoms with E-state index in [4.69, 9.17) is 9.15 Å². The van der Waals surface area contributed by atoms with Gasteiger partial charge in [-0.1, -0.05) is 30.3 Å². The molecule has 3 aromatic rings. The van der Waals surface area contributed by atoms with Crippen molar-refractivity contribution >= 4 is 16.9 Å². The Balaban J connectivity index is 1.54. The van der Waals surface area contributed by atoms with Gasteiger partial charge >= 0.3 is 5.63 Å². The van der Waals surface area contributed by atoms with Crippen LogP contribution in [0.25, 0.3) is 11.0 Å². The van der Waals surface area contributed by atoms with Crippen molar-refractivity contribution in [2.75, 3.05) is 0 Å². The topological polar surface area (TPSA) is 68.5 Å². The second-order valence-corrected chi connectivity index (χ2v) is 6.65. The van der Waals surface area contributed by atoms with Crippen LogP contribution in [0.3, 0.4) is 0 Å². The lowest BCUT2D eigenvalue weighted by Gasteiger charge is -2.19. The Labute approximate surface area is 158 Å². The molecular formula is C22H23NO4. The van der Waals surface area contributed by atoms with E-state index in [9.17, 15) is 9.59 Å². The molecule has 2 aromatic carbocycles. The van der Waals surface area contributed by atoms with Crippen LogP contribution in [0.2, 0.25) is 0 Å². The van der Waals surface area contributed by atoms with Crippen LogP contribution in [0.4, 0.5) is 0 Å². The molecule has 0 saturated heterocycles. The number of benzene rings is 2. The predicted molar refractivity (Wildman–Crippen MR) is 105 cm³/mol. The van der Waals surface area contributed by atoms with Crippen LogP contribution in [0.15, 0.2) is 69.9 Å². The first kappa shape index (κ1) is 18.7. The number of hydrogen-bond acceptors (Lipinski definition) is 4. The lowest BCUT2D eigenvalue weighted by molar-refractivity contribution is -0.127. The van der Waals surface area contributed by atoms with Crippen LogP contribution in [0.5, 0.6) is 5.75 Å². The summed E-state index contributed by atoms with van der Waals surface area (Å²) in [5.41, 5.74) is 1.27. The van der Waals surface area contributed by atoms with Crippen LogP contribution in [0, 0.1) is 0 Å². The zero-order valence-corrected chi connectivity index (χ0v) is 15.5. The molecule has 1 heterocycles. The number of carbonyl (C=O) groups is 1. The molecular weight excluding hydrogens is 342 g/mol. The highest BCUT2D eigenvalue weighted by atomic mass is 16.5. The molecule has 0 radical (unpaired) electrons. The summed E-state index contributed by atoms with van der Waals surface area (Å²) in [6.07, 6.45) is 1.10. The van der Waals surface area contributed by atoms with Crippen molar-refractivity contribution in [3.05, 3.63) is 76.6 Å². The molecule has 0 aliphatic rings. The van der Waals surface area contributed by atoms with E-state index in [1.54, 1.807) is 31.2 Å². The van der Waals surface area contributed by atoms with Crippen molar-refractivity contribution < 1.29 is 13.9 Å². The van der Waals surface area contributed by atoms with Crippen LogP contribution in [-0.2, 0) is 11.2 Å². The van der Waals surface area contributed by atoms with Crippen LogP contribution in [-0.4, -0.2) is 18.1 Å². The fraction of sp³-hybridized carbons (Fsp3) is 0.273. The number of aryl methyl sites for hydroxylation is 1. The molecule has 27 heavy (non-hydrogen) atoms. The van der Waals surface area contributed by atoms with E-state index in [-0.39, 0.29) is 11.9 Å². The Morgan fingerprint density at radius 2 is 1.81 bits per heavy atom. The number of amides is 1. The van der Waals surface area contributed by atoms with Gasteiger partial charge in [0.1, 0.15) is 11.3 Å². The summed E-state index contributed by atoms with van der Waals surface area (Å²) in [7, 11) is 0. The molecule has 5 nitrogen and oxygen atoms in total. The summed E-state index contributed by atoms with van der Waals surface area (Å²) in [6, 6.07) is 18.5. The Kier molecular flexibility index (Phi) is 5.91. The van der Waals surface area contributed by atoms with E-state index in [0.29, 0.717) is 11.3 Å². The highest BCUT2D eigenvalue weighted by Crippen LogP contribution is 2.20.